The van der Waals surface area contributed by atoms with E-state index in [1.54, 1.807) is 12.1 Å². The van der Waals surface area contributed by atoms with E-state index in [9.17, 15) is 4.79 Å². The second-order valence-electron chi connectivity index (χ2n) is 2.05. The number of aldehydes is 1. The van der Waals surface area contributed by atoms with Gasteiger partial charge in [0, 0.05) is 0 Å². The summed E-state index contributed by atoms with van der Waals surface area (Å²) in [5.41, 5.74) is 0. The van der Waals surface area contributed by atoms with E-state index >= 15 is 0 Å². The van der Waals surface area contributed by atoms with Crippen molar-refractivity contribution in [1.29, 1.82) is 0 Å². The Morgan fingerprint density at radius 3 is 3.00 bits per heavy atom. The van der Waals surface area contributed by atoms with Gasteiger partial charge in [0.05, 0.1) is 6.26 Å². The number of aromatic nitrogens is 2. The van der Waals surface area contributed by atoms with E-state index in [2.05, 4.69) is 14.7 Å². The zero-order valence-electron chi connectivity index (χ0n) is 5.93. The molecule has 5 heteroatoms. The van der Waals surface area contributed by atoms with Crippen LogP contribution in [0.3, 0.4) is 0 Å². The molecule has 5 nitrogen and oxygen atoms in total. The van der Waals surface area contributed by atoms with Crippen molar-refractivity contribution in [3.8, 4) is 11.6 Å². The van der Waals surface area contributed by atoms with Crippen LogP contribution >= 0.6 is 0 Å². The third-order valence-corrected chi connectivity index (χ3v) is 1.28. The predicted octanol–water partition coefficient (Wildman–Crippen LogP) is 1.14. The fourth-order valence-electron chi connectivity index (χ4n) is 0.789. The van der Waals surface area contributed by atoms with Crippen LogP contribution in [0.1, 0.15) is 10.7 Å². The first-order valence-electron chi connectivity index (χ1n) is 3.23. The van der Waals surface area contributed by atoms with Crippen molar-refractivity contribution in [3.63, 3.8) is 0 Å². The Labute approximate surface area is 67.0 Å². The topological polar surface area (TPSA) is 69.1 Å². The first-order chi connectivity index (χ1) is 5.90. The highest BCUT2D eigenvalue weighted by atomic mass is 16.5. The summed E-state index contributed by atoms with van der Waals surface area (Å²) in [5.74, 6) is 0.704. The average Bonchev–Trinajstić information content (AvgIpc) is 2.75. The quantitative estimate of drug-likeness (QED) is 0.622. The normalized spacial score (nSPS) is 10.0. The van der Waals surface area contributed by atoms with E-state index < -0.39 is 0 Å². The fourth-order valence-corrected chi connectivity index (χ4v) is 0.789. The number of hydrogen-bond acceptors (Lipinski definition) is 5. The Morgan fingerprint density at radius 2 is 2.42 bits per heavy atom. The number of carbonyl (C=O) groups is 1. The van der Waals surface area contributed by atoms with E-state index in [-0.39, 0.29) is 11.7 Å². The third-order valence-electron chi connectivity index (χ3n) is 1.28. The summed E-state index contributed by atoms with van der Waals surface area (Å²) >= 11 is 0. The molecule has 0 N–H and O–H groups in total. The summed E-state index contributed by atoms with van der Waals surface area (Å²) in [5, 5.41) is 3.52. The molecule has 0 saturated carbocycles. The Morgan fingerprint density at radius 1 is 1.50 bits per heavy atom. The molecule has 0 bridgehead atoms. The van der Waals surface area contributed by atoms with Gasteiger partial charge in [0.1, 0.15) is 0 Å². The molecular formula is C7H4N2O3. The van der Waals surface area contributed by atoms with Crippen molar-refractivity contribution in [1.82, 2.24) is 10.1 Å². The molecule has 2 aromatic heterocycles. The number of furan rings is 1. The summed E-state index contributed by atoms with van der Waals surface area (Å²) in [6.07, 6.45) is 1.98. The minimum absolute atomic E-state index is 0.0543. The predicted molar refractivity (Wildman–Crippen MR) is 37.4 cm³/mol. The van der Waals surface area contributed by atoms with Crippen LogP contribution in [0.4, 0.5) is 0 Å². The number of carbonyl (C=O) groups excluding carboxylic acids is 1. The fraction of sp³-hybridized carbons (Fsp3) is 0. The summed E-state index contributed by atoms with van der Waals surface area (Å²) in [6.45, 7) is 0. The van der Waals surface area contributed by atoms with Gasteiger partial charge in [0.2, 0.25) is 12.1 Å². The van der Waals surface area contributed by atoms with Crippen LogP contribution in [0, 0.1) is 0 Å². The largest absolute Gasteiger partial charge is 0.461 e. The highest BCUT2D eigenvalue weighted by Gasteiger charge is 2.08. The van der Waals surface area contributed by atoms with Gasteiger partial charge in [-0.3, -0.25) is 4.79 Å². The average molecular weight is 164 g/mol. The maximum atomic E-state index is 10.2. The highest BCUT2D eigenvalue weighted by molar-refractivity contribution is 5.68. The lowest BCUT2D eigenvalue weighted by molar-refractivity contribution is 0.108. The molecule has 0 amide bonds. The third kappa shape index (κ3) is 1.01. The molecule has 0 unspecified atom stereocenters. The SMILES string of the molecule is O=Cc1nc(-c2ccco2)no1. The van der Waals surface area contributed by atoms with Gasteiger partial charge in [0.15, 0.2) is 5.76 Å². The molecule has 2 rings (SSSR count). The Hall–Kier alpha value is -1.91. The zero-order chi connectivity index (χ0) is 8.39. The smallest absolute Gasteiger partial charge is 0.291 e. The second-order valence-corrected chi connectivity index (χ2v) is 2.05. The van der Waals surface area contributed by atoms with Crippen molar-refractivity contribution < 1.29 is 13.7 Å². The van der Waals surface area contributed by atoms with Crippen LogP contribution in [-0.4, -0.2) is 16.4 Å². The minimum Gasteiger partial charge on any atom is -0.461 e. The molecule has 60 valence electrons. The maximum Gasteiger partial charge on any atom is 0.291 e. The van der Waals surface area contributed by atoms with Gasteiger partial charge in [-0.15, -0.1) is 0 Å². The monoisotopic (exact) mass is 164 g/mol. The molecule has 2 aromatic rings. The van der Waals surface area contributed by atoms with Gasteiger partial charge in [-0.25, -0.2) is 0 Å². The van der Waals surface area contributed by atoms with Crippen molar-refractivity contribution in [2.45, 2.75) is 0 Å². The van der Waals surface area contributed by atoms with Gasteiger partial charge in [-0.05, 0) is 12.1 Å². The van der Waals surface area contributed by atoms with Crippen molar-refractivity contribution in [2.24, 2.45) is 0 Å². The molecule has 0 spiro atoms. The molecule has 0 aromatic carbocycles. The lowest BCUT2D eigenvalue weighted by Gasteiger charge is -1.80. The molecule has 12 heavy (non-hydrogen) atoms. The van der Waals surface area contributed by atoms with E-state index in [0.29, 0.717) is 12.0 Å². The number of hydrogen-bond donors (Lipinski definition) is 0. The van der Waals surface area contributed by atoms with Crippen LogP contribution in [-0.2, 0) is 0 Å². The summed E-state index contributed by atoms with van der Waals surface area (Å²) in [6, 6.07) is 3.38. The van der Waals surface area contributed by atoms with Crippen molar-refractivity contribution in [2.75, 3.05) is 0 Å². The van der Waals surface area contributed by atoms with Crippen LogP contribution in [0.15, 0.2) is 27.3 Å². The van der Waals surface area contributed by atoms with Gasteiger partial charge < -0.3 is 8.94 Å². The van der Waals surface area contributed by atoms with Gasteiger partial charge in [-0.2, -0.15) is 4.98 Å². The lowest BCUT2D eigenvalue weighted by Crippen LogP contribution is -1.78. The molecule has 0 fully saturated rings. The van der Waals surface area contributed by atoms with Gasteiger partial charge >= 0.3 is 0 Å². The number of nitrogens with zero attached hydrogens (tertiary/aromatic N) is 2. The van der Waals surface area contributed by atoms with E-state index in [4.69, 9.17) is 4.42 Å². The zero-order valence-corrected chi connectivity index (χ0v) is 5.93. The molecule has 2 heterocycles. The molecule has 0 radical (unpaired) electrons. The van der Waals surface area contributed by atoms with Crippen LogP contribution in [0.2, 0.25) is 0 Å². The summed E-state index contributed by atoms with van der Waals surface area (Å²) in [4.78, 5) is 13.9. The van der Waals surface area contributed by atoms with Gasteiger partial charge in [-0.1, -0.05) is 5.16 Å². The van der Waals surface area contributed by atoms with Crippen LogP contribution in [0.5, 0.6) is 0 Å². The minimum atomic E-state index is -0.0543. The second kappa shape index (κ2) is 2.61. The molecule has 0 atom stereocenters. The number of rotatable bonds is 2. The molecule has 0 aliphatic carbocycles. The maximum absolute atomic E-state index is 10.2. The van der Waals surface area contributed by atoms with Crippen molar-refractivity contribution >= 4 is 6.29 Å². The first kappa shape index (κ1) is 6.78. The first-order valence-corrected chi connectivity index (χ1v) is 3.23. The standard InChI is InChI=1S/C7H4N2O3/c10-4-6-8-7(9-12-6)5-2-1-3-11-5/h1-4H. The Bertz CT molecular complexity index is 377. The molecule has 0 saturated heterocycles. The van der Waals surface area contributed by atoms with Crippen molar-refractivity contribution in [3.05, 3.63) is 24.3 Å². The van der Waals surface area contributed by atoms with Crippen LogP contribution < -0.4 is 0 Å². The molecular weight excluding hydrogens is 160 g/mol. The Balaban J connectivity index is 2.41. The highest BCUT2D eigenvalue weighted by Crippen LogP contribution is 2.14. The van der Waals surface area contributed by atoms with E-state index in [1.165, 1.54) is 6.26 Å². The summed E-state index contributed by atoms with van der Waals surface area (Å²) < 4.78 is 9.52. The van der Waals surface area contributed by atoms with E-state index in [0.717, 1.165) is 0 Å². The lowest BCUT2D eigenvalue weighted by atomic mass is 10.4. The van der Waals surface area contributed by atoms with E-state index in [1.807, 2.05) is 0 Å². The molecule has 0 aliphatic rings. The van der Waals surface area contributed by atoms with Gasteiger partial charge in [0.25, 0.3) is 5.89 Å². The molecule has 0 aliphatic heterocycles. The van der Waals surface area contributed by atoms with Crippen LogP contribution in [0.25, 0.3) is 11.6 Å². The Kier molecular flexibility index (Phi) is 1.48. The summed E-state index contributed by atoms with van der Waals surface area (Å²) in [7, 11) is 0.